The smallest absolute Gasteiger partial charge is 0.163 e. The highest BCUT2D eigenvalue weighted by molar-refractivity contribution is 5.37. The Balaban J connectivity index is 2.86. The molecule has 4 nitrogen and oxygen atoms in total. The van der Waals surface area contributed by atoms with E-state index in [0.717, 1.165) is 17.2 Å². The van der Waals surface area contributed by atoms with Gasteiger partial charge in [-0.2, -0.15) is 0 Å². The first-order chi connectivity index (χ1) is 5.27. The third-order valence-electron chi connectivity index (χ3n) is 1.61. The van der Waals surface area contributed by atoms with Gasteiger partial charge >= 0.3 is 0 Å². The highest BCUT2D eigenvalue weighted by Crippen LogP contribution is 2.01. The molecular weight excluding hydrogens is 140 g/mol. The third kappa shape index (κ3) is 0.869. The van der Waals surface area contributed by atoms with Crippen molar-refractivity contribution in [3.05, 3.63) is 23.9 Å². The molecule has 2 heterocycles. The molecule has 0 amide bonds. The van der Waals surface area contributed by atoms with E-state index in [1.54, 1.807) is 6.33 Å². The normalized spacial score (nSPS) is 10.7. The number of rotatable bonds is 0. The summed E-state index contributed by atoms with van der Waals surface area (Å²) in [4.78, 5) is 4.12. The minimum absolute atomic E-state index is 0.856. The second-order valence-corrected chi connectivity index (χ2v) is 2.51. The molecule has 0 aliphatic carbocycles. The molecule has 11 heavy (non-hydrogen) atoms. The van der Waals surface area contributed by atoms with Crippen molar-refractivity contribution in [2.45, 2.75) is 13.8 Å². The molecule has 0 aliphatic rings. The number of nitrogens with zero attached hydrogens (tertiary/aromatic N) is 4. The number of aryl methyl sites for hydroxylation is 2. The molecule has 2 rings (SSSR count). The first-order valence-electron chi connectivity index (χ1n) is 3.41. The van der Waals surface area contributed by atoms with Gasteiger partial charge in [0.05, 0.1) is 0 Å². The summed E-state index contributed by atoms with van der Waals surface area (Å²) in [5.74, 6) is 0.868. The van der Waals surface area contributed by atoms with E-state index in [4.69, 9.17) is 0 Å². The van der Waals surface area contributed by atoms with Crippen molar-refractivity contribution in [2.75, 3.05) is 0 Å². The third-order valence-corrected chi connectivity index (χ3v) is 1.61. The number of aromatic nitrogens is 4. The van der Waals surface area contributed by atoms with Crippen molar-refractivity contribution in [2.24, 2.45) is 0 Å². The van der Waals surface area contributed by atoms with Crippen LogP contribution >= 0.6 is 0 Å². The highest BCUT2D eigenvalue weighted by Gasteiger charge is 1.98. The van der Waals surface area contributed by atoms with E-state index in [0.29, 0.717) is 0 Å². The Bertz CT molecular complexity index is 390. The molecule has 0 atom stereocenters. The van der Waals surface area contributed by atoms with E-state index in [2.05, 4.69) is 15.2 Å². The van der Waals surface area contributed by atoms with Gasteiger partial charge in [0.1, 0.15) is 12.2 Å². The monoisotopic (exact) mass is 148 g/mol. The molecule has 0 spiro atoms. The van der Waals surface area contributed by atoms with Gasteiger partial charge in [-0.15, -0.1) is 10.2 Å². The molecule has 0 aliphatic heterocycles. The zero-order valence-electron chi connectivity index (χ0n) is 6.44. The lowest BCUT2D eigenvalue weighted by molar-refractivity contribution is 0.973. The van der Waals surface area contributed by atoms with Crippen LogP contribution < -0.4 is 0 Å². The Morgan fingerprint density at radius 3 is 2.91 bits per heavy atom. The van der Waals surface area contributed by atoms with Gasteiger partial charge < -0.3 is 0 Å². The summed E-state index contributed by atoms with van der Waals surface area (Å²) in [6, 6.07) is 1.90. The van der Waals surface area contributed by atoms with Gasteiger partial charge in [-0.05, 0) is 13.8 Å². The lowest BCUT2D eigenvalue weighted by atomic mass is 10.4. The molecule has 0 aromatic carbocycles. The Morgan fingerprint density at radius 2 is 2.09 bits per heavy atom. The summed E-state index contributed by atoms with van der Waals surface area (Å²) in [7, 11) is 0. The zero-order valence-corrected chi connectivity index (χ0v) is 6.44. The van der Waals surface area contributed by atoms with Crippen molar-refractivity contribution in [1.82, 2.24) is 19.6 Å². The van der Waals surface area contributed by atoms with Crippen molar-refractivity contribution in [3.63, 3.8) is 0 Å². The van der Waals surface area contributed by atoms with Crippen LogP contribution in [0, 0.1) is 13.8 Å². The summed E-state index contributed by atoms with van der Waals surface area (Å²) in [5, 5.41) is 7.86. The van der Waals surface area contributed by atoms with Crippen LogP contribution in [-0.4, -0.2) is 19.6 Å². The van der Waals surface area contributed by atoms with Crippen molar-refractivity contribution < 1.29 is 0 Å². The minimum atomic E-state index is 0.856. The molecule has 56 valence electrons. The van der Waals surface area contributed by atoms with Crippen LogP contribution in [0.3, 0.4) is 0 Å². The van der Waals surface area contributed by atoms with E-state index in [-0.39, 0.29) is 0 Å². The number of hydrogen-bond acceptors (Lipinski definition) is 3. The Hall–Kier alpha value is -1.45. The maximum Gasteiger partial charge on any atom is 0.163 e. The Kier molecular flexibility index (Phi) is 1.15. The summed E-state index contributed by atoms with van der Waals surface area (Å²) >= 11 is 0. The first-order valence-corrected chi connectivity index (χ1v) is 3.41. The average molecular weight is 148 g/mol. The molecule has 2 aromatic heterocycles. The molecule has 0 saturated heterocycles. The lowest BCUT2D eigenvalue weighted by Gasteiger charge is -1.93. The highest BCUT2D eigenvalue weighted by atomic mass is 15.2. The fourth-order valence-electron chi connectivity index (χ4n) is 1.000. The fourth-order valence-corrected chi connectivity index (χ4v) is 1.000. The van der Waals surface area contributed by atoms with E-state index < -0.39 is 0 Å². The van der Waals surface area contributed by atoms with Gasteiger partial charge in [0.2, 0.25) is 0 Å². The van der Waals surface area contributed by atoms with Gasteiger partial charge in [-0.3, -0.25) is 4.40 Å². The molecule has 4 heteroatoms. The topological polar surface area (TPSA) is 43.1 Å². The molecular formula is C7H8N4. The van der Waals surface area contributed by atoms with Gasteiger partial charge in [-0.25, -0.2) is 4.98 Å². The van der Waals surface area contributed by atoms with Gasteiger partial charge in [-0.1, -0.05) is 0 Å². The Morgan fingerprint density at radius 1 is 1.27 bits per heavy atom. The molecule has 0 saturated carbocycles. The minimum Gasteiger partial charge on any atom is -0.269 e. The predicted octanol–water partition coefficient (Wildman–Crippen LogP) is 0.741. The summed E-state index contributed by atoms with van der Waals surface area (Å²) in [5.41, 5.74) is 1.82. The second kappa shape index (κ2) is 2.02. The van der Waals surface area contributed by atoms with Crippen molar-refractivity contribution >= 4 is 5.65 Å². The second-order valence-electron chi connectivity index (χ2n) is 2.51. The predicted molar refractivity (Wildman–Crippen MR) is 40.3 cm³/mol. The Labute approximate surface area is 63.9 Å². The van der Waals surface area contributed by atoms with Gasteiger partial charge in [0, 0.05) is 11.8 Å². The number of fused-ring (bicyclic) bond motifs is 1. The van der Waals surface area contributed by atoms with Crippen LogP contribution in [0.15, 0.2) is 12.4 Å². The lowest BCUT2D eigenvalue weighted by Crippen LogP contribution is -1.90. The zero-order chi connectivity index (χ0) is 7.84. The SMILES string of the molecule is Cc1cc2nnc(C)n2cn1. The van der Waals surface area contributed by atoms with Crippen LogP contribution in [-0.2, 0) is 0 Å². The molecule has 0 unspecified atom stereocenters. The van der Waals surface area contributed by atoms with Crippen LogP contribution in [0.2, 0.25) is 0 Å². The summed E-state index contributed by atoms with van der Waals surface area (Å²) in [6.45, 7) is 3.83. The first kappa shape index (κ1) is 6.27. The standard InChI is InChI=1S/C7H8N4/c1-5-3-7-10-9-6(2)11(7)4-8-5/h3-4H,1-2H3. The van der Waals surface area contributed by atoms with Gasteiger partial charge in [0.25, 0.3) is 0 Å². The number of hydrogen-bond donors (Lipinski definition) is 0. The maximum absolute atomic E-state index is 4.12. The average Bonchev–Trinajstić information content (AvgIpc) is 2.32. The molecule has 0 fully saturated rings. The van der Waals surface area contributed by atoms with E-state index in [1.807, 2.05) is 24.3 Å². The molecule has 0 N–H and O–H groups in total. The van der Waals surface area contributed by atoms with Crippen molar-refractivity contribution in [3.8, 4) is 0 Å². The maximum atomic E-state index is 4.12. The van der Waals surface area contributed by atoms with Gasteiger partial charge in [0.15, 0.2) is 5.65 Å². The van der Waals surface area contributed by atoms with Crippen LogP contribution in [0.25, 0.3) is 5.65 Å². The molecule has 2 aromatic rings. The quantitative estimate of drug-likeness (QED) is 0.553. The van der Waals surface area contributed by atoms with Crippen LogP contribution in [0.5, 0.6) is 0 Å². The van der Waals surface area contributed by atoms with Crippen LogP contribution in [0.4, 0.5) is 0 Å². The van der Waals surface area contributed by atoms with E-state index in [9.17, 15) is 0 Å². The molecule has 0 bridgehead atoms. The fraction of sp³-hybridized carbons (Fsp3) is 0.286. The summed E-state index contributed by atoms with van der Waals surface area (Å²) in [6.07, 6.45) is 1.74. The summed E-state index contributed by atoms with van der Waals surface area (Å²) < 4.78 is 1.85. The molecule has 0 radical (unpaired) electrons. The largest absolute Gasteiger partial charge is 0.269 e. The van der Waals surface area contributed by atoms with E-state index >= 15 is 0 Å². The van der Waals surface area contributed by atoms with Crippen molar-refractivity contribution in [1.29, 1.82) is 0 Å². The van der Waals surface area contributed by atoms with E-state index in [1.165, 1.54) is 0 Å². The van der Waals surface area contributed by atoms with Crippen LogP contribution in [0.1, 0.15) is 11.5 Å².